The molecule has 12 heteroatoms. The molecule has 0 bridgehead atoms. The van der Waals surface area contributed by atoms with Crippen molar-refractivity contribution in [2.24, 2.45) is 0 Å². The van der Waals surface area contributed by atoms with Crippen molar-refractivity contribution < 1.29 is 24.3 Å². The van der Waals surface area contributed by atoms with E-state index in [9.17, 15) is 35.1 Å². The monoisotopic (exact) mass is 362 g/mol. The molecule has 2 aromatic rings. The second-order valence-corrected chi connectivity index (χ2v) is 4.82. The number of anilines is 1. The summed E-state index contributed by atoms with van der Waals surface area (Å²) in [6, 6.07) is 6.53. The number of carbonyl (C=O) groups is 1. The van der Waals surface area contributed by atoms with Crippen LogP contribution in [0, 0.1) is 30.3 Å². The molecule has 0 saturated carbocycles. The van der Waals surface area contributed by atoms with Crippen LogP contribution in [0.15, 0.2) is 36.4 Å². The van der Waals surface area contributed by atoms with Gasteiger partial charge in [0.05, 0.1) is 27.6 Å². The van der Waals surface area contributed by atoms with Gasteiger partial charge >= 0.3 is 11.4 Å². The van der Waals surface area contributed by atoms with E-state index in [4.69, 9.17) is 4.74 Å². The molecule has 0 atom stereocenters. The molecule has 12 nitrogen and oxygen atoms in total. The minimum Gasteiger partial charge on any atom is -0.485 e. The van der Waals surface area contributed by atoms with E-state index in [2.05, 4.69) is 5.32 Å². The first-order valence-electron chi connectivity index (χ1n) is 6.81. The molecule has 1 N–H and O–H groups in total. The van der Waals surface area contributed by atoms with Crippen LogP contribution in [0.2, 0.25) is 0 Å². The largest absolute Gasteiger partial charge is 0.485 e. The maximum absolute atomic E-state index is 12.2. The van der Waals surface area contributed by atoms with Crippen LogP contribution in [0.5, 0.6) is 5.75 Å². The molecule has 0 saturated heterocycles. The van der Waals surface area contributed by atoms with E-state index >= 15 is 0 Å². The molecular weight excluding hydrogens is 352 g/mol. The van der Waals surface area contributed by atoms with Crippen molar-refractivity contribution >= 4 is 28.7 Å². The van der Waals surface area contributed by atoms with Crippen molar-refractivity contribution in [2.45, 2.75) is 0 Å². The summed E-state index contributed by atoms with van der Waals surface area (Å²) in [5.41, 5.74) is -2.09. The van der Waals surface area contributed by atoms with Gasteiger partial charge in [0, 0.05) is 29.8 Å². The standard InChI is InChI=1S/C14H10N4O8/c1-26-13-11(17(22)23)6-9(7-12(13)18(24)25)15-14(19)8-3-2-4-10(5-8)16(20)21/h2-7H,1H3,(H,15,19). The topological polar surface area (TPSA) is 168 Å². The van der Waals surface area contributed by atoms with Crippen molar-refractivity contribution in [1.29, 1.82) is 0 Å². The molecule has 0 aromatic heterocycles. The Balaban J connectivity index is 2.44. The van der Waals surface area contributed by atoms with Gasteiger partial charge in [-0.05, 0) is 6.07 Å². The zero-order chi connectivity index (χ0) is 19.4. The number of hydrogen-bond acceptors (Lipinski definition) is 8. The fourth-order valence-electron chi connectivity index (χ4n) is 2.12. The third-order valence-corrected chi connectivity index (χ3v) is 3.22. The van der Waals surface area contributed by atoms with E-state index in [1.54, 1.807) is 0 Å². The van der Waals surface area contributed by atoms with E-state index in [1.807, 2.05) is 0 Å². The van der Waals surface area contributed by atoms with Crippen LogP contribution in [0.25, 0.3) is 0 Å². The number of nitrogens with zero attached hydrogens (tertiary/aromatic N) is 3. The van der Waals surface area contributed by atoms with Gasteiger partial charge in [0.15, 0.2) is 0 Å². The average Bonchev–Trinajstić information content (AvgIpc) is 2.60. The van der Waals surface area contributed by atoms with E-state index < -0.39 is 37.8 Å². The summed E-state index contributed by atoms with van der Waals surface area (Å²) < 4.78 is 4.71. The number of ether oxygens (including phenoxy) is 1. The van der Waals surface area contributed by atoms with E-state index in [0.29, 0.717) is 0 Å². The van der Waals surface area contributed by atoms with Gasteiger partial charge < -0.3 is 10.1 Å². The number of amides is 1. The van der Waals surface area contributed by atoms with Crippen molar-refractivity contribution in [1.82, 2.24) is 0 Å². The molecule has 0 aliphatic carbocycles. The summed E-state index contributed by atoms with van der Waals surface area (Å²) in [6.07, 6.45) is 0. The first-order valence-corrected chi connectivity index (χ1v) is 6.81. The lowest BCUT2D eigenvalue weighted by molar-refractivity contribution is -0.395. The second kappa shape index (κ2) is 7.21. The molecule has 2 rings (SSSR count). The van der Waals surface area contributed by atoms with Crippen LogP contribution in [0.4, 0.5) is 22.7 Å². The molecule has 0 radical (unpaired) electrons. The van der Waals surface area contributed by atoms with Gasteiger partial charge in [-0.25, -0.2) is 0 Å². The lowest BCUT2D eigenvalue weighted by Gasteiger charge is -2.08. The van der Waals surface area contributed by atoms with Crippen LogP contribution >= 0.6 is 0 Å². The van der Waals surface area contributed by atoms with Crippen molar-refractivity contribution in [3.63, 3.8) is 0 Å². The van der Waals surface area contributed by atoms with Gasteiger partial charge in [-0.2, -0.15) is 0 Å². The van der Waals surface area contributed by atoms with E-state index in [0.717, 1.165) is 25.3 Å². The SMILES string of the molecule is COc1c([N+](=O)[O-])cc(NC(=O)c2cccc([N+](=O)[O-])c2)cc1[N+](=O)[O-]. The lowest BCUT2D eigenvalue weighted by Crippen LogP contribution is -2.13. The number of benzene rings is 2. The minimum absolute atomic E-state index is 0.0969. The Hall–Kier alpha value is -4.09. The summed E-state index contributed by atoms with van der Waals surface area (Å²) in [5, 5.41) is 35.2. The quantitative estimate of drug-likeness (QED) is 0.604. The van der Waals surface area contributed by atoms with Crippen LogP contribution in [0.3, 0.4) is 0 Å². The summed E-state index contributed by atoms with van der Waals surface area (Å²) in [5.74, 6) is -1.39. The second-order valence-electron chi connectivity index (χ2n) is 4.82. The third kappa shape index (κ3) is 3.69. The summed E-state index contributed by atoms with van der Waals surface area (Å²) in [4.78, 5) is 42.7. The van der Waals surface area contributed by atoms with Gasteiger partial charge in [0.2, 0.25) is 0 Å². The van der Waals surface area contributed by atoms with Crippen LogP contribution in [0.1, 0.15) is 10.4 Å². The number of non-ortho nitro benzene ring substituents is 1. The number of hydrogen-bond donors (Lipinski definition) is 1. The molecule has 1 amide bonds. The molecule has 0 heterocycles. The van der Waals surface area contributed by atoms with Gasteiger partial charge in [-0.3, -0.25) is 35.1 Å². The number of nitro benzene ring substituents is 3. The molecule has 0 unspecified atom stereocenters. The maximum Gasteiger partial charge on any atom is 0.320 e. The number of nitrogens with one attached hydrogen (secondary N) is 1. The van der Waals surface area contributed by atoms with Crippen molar-refractivity contribution in [3.05, 3.63) is 72.3 Å². The lowest BCUT2D eigenvalue weighted by atomic mass is 10.1. The normalized spacial score (nSPS) is 10.0. The predicted octanol–water partition coefficient (Wildman–Crippen LogP) is 2.67. The van der Waals surface area contributed by atoms with Crippen LogP contribution < -0.4 is 10.1 Å². The number of nitro groups is 3. The summed E-state index contributed by atoms with van der Waals surface area (Å²) in [7, 11) is 1.04. The summed E-state index contributed by atoms with van der Waals surface area (Å²) in [6.45, 7) is 0. The Morgan fingerprint density at radius 3 is 2.00 bits per heavy atom. The predicted molar refractivity (Wildman–Crippen MR) is 87.4 cm³/mol. The van der Waals surface area contributed by atoms with Crippen LogP contribution in [-0.4, -0.2) is 27.8 Å². The highest BCUT2D eigenvalue weighted by atomic mass is 16.6. The fourth-order valence-corrected chi connectivity index (χ4v) is 2.12. The van der Waals surface area contributed by atoms with Crippen molar-refractivity contribution in [2.75, 3.05) is 12.4 Å². The first-order chi connectivity index (χ1) is 12.2. The number of carbonyl (C=O) groups excluding carboxylic acids is 1. The van der Waals surface area contributed by atoms with E-state index in [1.165, 1.54) is 18.2 Å². The Kier molecular flexibility index (Phi) is 5.06. The molecule has 2 aromatic carbocycles. The Labute approximate surface area is 144 Å². The minimum atomic E-state index is -0.894. The third-order valence-electron chi connectivity index (χ3n) is 3.22. The van der Waals surface area contributed by atoms with Gasteiger partial charge in [0.25, 0.3) is 17.3 Å². The smallest absolute Gasteiger partial charge is 0.320 e. The fraction of sp³-hybridized carbons (Fsp3) is 0.0714. The number of rotatable bonds is 6. The Morgan fingerprint density at radius 2 is 1.54 bits per heavy atom. The highest BCUT2D eigenvalue weighted by Gasteiger charge is 2.28. The zero-order valence-electron chi connectivity index (χ0n) is 13.1. The molecular formula is C14H10N4O8. The van der Waals surface area contributed by atoms with Crippen LogP contribution in [-0.2, 0) is 0 Å². The highest BCUT2D eigenvalue weighted by molar-refractivity contribution is 6.05. The van der Waals surface area contributed by atoms with Gasteiger partial charge in [-0.1, -0.05) is 6.07 Å². The summed E-state index contributed by atoms with van der Waals surface area (Å²) >= 11 is 0. The molecule has 0 fully saturated rings. The Bertz CT molecular complexity index is 892. The van der Waals surface area contributed by atoms with Gasteiger partial charge in [0.1, 0.15) is 0 Å². The molecule has 0 aliphatic heterocycles. The molecule has 0 spiro atoms. The zero-order valence-corrected chi connectivity index (χ0v) is 13.1. The maximum atomic E-state index is 12.2. The Morgan fingerprint density at radius 1 is 0.962 bits per heavy atom. The van der Waals surface area contributed by atoms with Crippen molar-refractivity contribution in [3.8, 4) is 5.75 Å². The number of methoxy groups -OCH3 is 1. The van der Waals surface area contributed by atoms with Gasteiger partial charge in [-0.15, -0.1) is 0 Å². The molecule has 26 heavy (non-hydrogen) atoms. The van der Waals surface area contributed by atoms with E-state index in [-0.39, 0.29) is 16.9 Å². The molecule has 134 valence electrons. The average molecular weight is 362 g/mol. The first kappa shape index (κ1) is 18.3. The highest BCUT2D eigenvalue weighted by Crippen LogP contribution is 2.39. The molecule has 0 aliphatic rings.